The lowest BCUT2D eigenvalue weighted by Gasteiger charge is -2.36. The number of anilines is 1. The lowest BCUT2D eigenvalue weighted by Crippen LogP contribution is -2.46. The molecule has 4 rings (SSSR count). The van der Waals surface area contributed by atoms with Crippen LogP contribution in [-0.2, 0) is 25.4 Å². The number of aryl methyl sites for hydroxylation is 1. The van der Waals surface area contributed by atoms with Gasteiger partial charge in [0.2, 0.25) is 5.95 Å². The number of hydrogen-bond acceptors (Lipinski definition) is 5. The van der Waals surface area contributed by atoms with Crippen molar-refractivity contribution < 1.29 is 4.74 Å². The molecule has 8 nitrogen and oxygen atoms in total. The lowest BCUT2D eigenvalue weighted by atomic mass is 10.2. The average molecular weight is 452 g/mol. The first-order chi connectivity index (χ1) is 14.2. The number of ether oxygens (including phenoxy) is 1. The molecule has 160 valence electrons. The monoisotopic (exact) mass is 451 g/mol. The molecule has 3 heterocycles. The van der Waals surface area contributed by atoms with Crippen LogP contribution in [0, 0.1) is 0 Å². The second kappa shape index (κ2) is 7.76. The molecule has 0 bridgehead atoms. The van der Waals surface area contributed by atoms with Crippen molar-refractivity contribution in [2.24, 2.45) is 14.1 Å². The SMILES string of the molecule is C[C@H]1CN(c2nc3c(c(=O)n(C)c(=O)n3C)n2Cc2c(Cl)cccc2Cl)C[C@H](C)O1. The number of imidazole rings is 1. The van der Waals surface area contributed by atoms with Gasteiger partial charge in [-0.3, -0.25) is 18.5 Å². The molecule has 1 aromatic carbocycles. The lowest BCUT2D eigenvalue weighted by molar-refractivity contribution is -0.00585. The van der Waals surface area contributed by atoms with Crippen LogP contribution >= 0.6 is 23.2 Å². The van der Waals surface area contributed by atoms with E-state index in [0.717, 1.165) is 4.57 Å². The van der Waals surface area contributed by atoms with Crippen molar-refractivity contribution in [2.45, 2.75) is 32.6 Å². The predicted molar refractivity (Wildman–Crippen MR) is 118 cm³/mol. The maximum Gasteiger partial charge on any atom is 0.332 e. The Labute approximate surface area is 183 Å². The van der Waals surface area contributed by atoms with Gasteiger partial charge in [-0.1, -0.05) is 29.3 Å². The van der Waals surface area contributed by atoms with Crippen molar-refractivity contribution in [3.05, 3.63) is 54.6 Å². The third-order valence-electron chi connectivity index (χ3n) is 5.41. The Morgan fingerprint density at radius 1 is 1.07 bits per heavy atom. The van der Waals surface area contributed by atoms with Crippen LogP contribution in [0.3, 0.4) is 0 Å². The Kier molecular flexibility index (Phi) is 5.42. The normalized spacial score (nSPS) is 19.6. The third kappa shape index (κ3) is 3.42. The zero-order valence-corrected chi connectivity index (χ0v) is 18.7. The molecule has 3 aromatic rings. The van der Waals surface area contributed by atoms with Gasteiger partial charge in [-0.15, -0.1) is 0 Å². The van der Waals surface area contributed by atoms with Crippen molar-refractivity contribution in [1.29, 1.82) is 0 Å². The number of rotatable bonds is 3. The minimum absolute atomic E-state index is 0.00225. The molecule has 0 saturated carbocycles. The highest BCUT2D eigenvalue weighted by Crippen LogP contribution is 2.29. The summed E-state index contributed by atoms with van der Waals surface area (Å²) < 4.78 is 10.1. The van der Waals surface area contributed by atoms with Gasteiger partial charge in [-0.05, 0) is 26.0 Å². The number of hydrogen-bond donors (Lipinski definition) is 0. The number of fused-ring (bicyclic) bond motifs is 1. The first-order valence-electron chi connectivity index (χ1n) is 9.68. The number of halogens is 2. The van der Waals surface area contributed by atoms with Gasteiger partial charge < -0.3 is 9.64 Å². The Hall–Kier alpha value is -2.29. The van der Waals surface area contributed by atoms with Crippen LogP contribution in [-0.4, -0.2) is 44.0 Å². The Morgan fingerprint density at radius 3 is 2.27 bits per heavy atom. The first kappa shape index (κ1) is 21.0. The van der Waals surface area contributed by atoms with E-state index in [1.807, 2.05) is 13.8 Å². The van der Waals surface area contributed by atoms with E-state index in [9.17, 15) is 9.59 Å². The number of aromatic nitrogens is 4. The third-order valence-corrected chi connectivity index (χ3v) is 6.12. The molecule has 1 aliphatic heterocycles. The number of morpholine rings is 1. The van der Waals surface area contributed by atoms with Gasteiger partial charge in [0.25, 0.3) is 5.56 Å². The molecule has 2 atom stereocenters. The maximum atomic E-state index is 13.1. The Morgan fingerprint density at radius 2 is 1.67 bits per heavy atom. The predicted octanol–water partition coefficient (Wildman–Crippen LogP) is 2.40. The summed E-state index contributed by atoms with van der Waals surface area (Å²) in [5.41, 5.74) is 0.504. The number of benzene rings is 1. The minimum Gasteiger partial charge on any atom is -0.372 e. The molecular formula is C20H23Cl2N5O3. The summed E-state index contributed by atoms with van der Waals surface area (Å²) in [6, 6.07) is 5.29. The molecule has 10 heteroatoms. The van der Waals surface area contributed by atoms with Crippen molar-refractivity contribution in [3.8, 4) is 0 Å². The first-order valence-corrected chi connectivity index (χ1v) is 10.4. The van der Waals surface area contributed by atoms with E-state index >= 15 is 0 Å². The van der Waals surface area contributed by atoms with Crippen molar-refractivity contribution in [1.82, 2.24) is 18.7 Å². The summed E-state index contributed by atoms with van der Waals surface area (Å²) in [4.78, 5) is 32.4. The molecule has 0 radical (unpaired) electrons. The van der Waals surface area contributed by atoms with Gasteiger partial charge in [0, 0.05) is 42.8 Å². The largest absolute Gasteiger partial charge is 0.372 e. The molecule has 30 heavy (non-hydrogen) atoms. The van der Waals surface area contributed by atoms with E-state index in [2.05, 4.69) is 4.90 Å². The maximum absolute atomic E-state index is 13.1. The fraction of sp³-hybridized carbons (Fsp3) is 0.450. The average Bonchev–Trinajstić information content (AvgIpc) is 3.06. The highest BCUT2D eigenvalue weighted by Gasteiger charge is 2.29. The summed E-state index contributed by atoms with van der Waals surface area (Å²) in [6.45, 7) is 5.46. The van der Waals surface area contributed by atoms with Gasteiger partial charge in [0.15, 0.2) is 11.2 Å². The second-order valence-corrected chi connectivity index (χ2v) is 8.55. The zero-order valence-electron chi connectivity index (χ0n) is 17.2. The summed E-state index contributed by atoms with van der Waals surface area (Å²) in [5.74, 6) is 0.585. The topological polar surface area (TPSA) is 74.3 Å². The van der Waals surface area contributed by atoms with Gasteiger partial charge >= 0.3 is 5.69 Å². The Bertz CT molecular complexity index is 1220. The second-order valence-electron chi connectivity index (χ2n) is 7.74. The van der Waals surface area contributed by atoms with Gasteiger partial charge in [-0.2, -0.15) is 4.98 Å². The van der Waals surface area contributed by atoms with Gasteiger partial charge in [0.1, 0.15) is 0 Å². The van der Waals surface area contributed by atoms with Crippen LogP contribution < -0.4 is 16.1 Å². The molecule has 0 N–H and O–H groups in total. The summed E-state index contributed by atoms with van der Waals surface area (Å²) >= 11 is 12.8. The molecule has 0 unspecified atom stereocenters. The molecule has 1 fully saturated rings. The molecule has 0 amide bonds. The smallest absolute Gasteiger partial charge is 0.332 e. The van der Waals surface area contributed by atoms with E-state index in [-0.39, 0.29) is 18.8 Å². The van der Waals surface area contributed by atoms with Crippen LogP contribution in [0.5, 0.6) is 0 Å². The summed E-state index contributed by atoms with van der Waals surface area (Å²) in [7, 11) is 3.07. The zero-order chi connectivity index (χ0) is 21.7. The molecule has 0 spiro atoms. The minimum atomic E-state index is -0.428. The molecule has 1 saturated heterocycles. The molecule has 2 aromatic heterocycles. The quantitative estimate of drug-likeness (QED) is 0.610. The summed E-state index contributed by atoms with van der Waals surface area (Å²) in [5, 5.41) is 1.00. The van der Waals surface area contributed by atoms with E-state index in [1.54, 1.807) is 29.8 Å². The van der Waals surface area contributed by atoms with Crippen molar-refractivity contribution in [3.63, 3.8) is 0 Å². The van der Waals surface area contributed by atoms with E-state index in [0.29, 0.717) is 45.8 Å². The molecule has 0 aliphatic carbocycles. The van der Waals surface area contributed by atoms with Crippen LogP contribution in [0.15, 0.2) is 27.8 Å². The number of nitrogens with zero attached hydrogens (tertiary/aromatic N) is 5. The highest BCUT2D eigenvalue weighted by molar-refractivity contribution is 6.36. The standard InChI is InChI=1S/C20H23Cl2N5O3/c1-11-8-26(9-12(2)30-11)19-23-17-16(18(28)25(4)20(29)24(17)3)27(19)10-13-14(21)6-5-7-15(13)22/h5-7,11-12H,8-10H2,1-4H3/t11-,12-/m0/s1. The van der Waals surface area contributed by atoms with E-state index in [1.165, 1.54) is 11.6 Å². The Balaban J connectivity index is 2.00. The van der Waals surface area contributed by atoms with Crippen LogP contribution in [0.4, 0.5) is 5.95 Å². The van der Waals surface area contributed by atoms with Crippen LogP contribution in [0.1, 0.15) is 19.4 Å². The van der Waals surface area contributed by atoms with Gasteiger partial charge in [0.05, 0.1) is 18.8 Å². The van der Waals surface area contributed by atoms with Gasteiger partial charge in [-0.25, -0.2) is 4.79 Å². The fourth-order valence-corrected chi connectivity index (χ4v) is 4.53. The van der Waals surface area contributed by atoms with E-state index < -0.39 is 11.2 Å². The highest BCUT2D eigenvalue weighted by atomic mass is 35.5. The van der Waals surface area contributed by atoms with E-state index in [4.69, 9.17) is 32.9 Å². The van der Waals surface area contributed by atoms with Crippen molar-refractivity contribution in [2.75, 3.05) is 18.0 Å². The van der Waals surface area contributed by atoms with Crippen LogP contribution in [0.2, 0.25) is 10.0 Å². The summed E-state index contributed by atoms with van der Waals surface area (Å²) in [6.07, 6.45) is -0.00451. The molecular weight excluding hydrogens is 429 g/mol. The van der Waals surface area contributed by atoms with Crippen molar-refractivity contribution >= 4 is 40.3 Å². The molecule has 1 aliphatic rings. The van der Waals surface area contributed by atoms with Crippen LogP contribution in [0.25, 0.3) is 11.2 Å². The fourth-order valence-electron chi connectivity index (χ4n) is 4.01.